The van der Waals surface area contributed by atoms with Gasteiger partial charge in [0.05, 0.1) is 22.6 Å². The monoisotopic (exact) mass is 472 g/mol. The third-order valence-electron chi connectivity index (χ3n) is 6.19. The number of anilines is 2. The number of phenolic OH excluding ortho intramolecular Hbond substituents is 1. The lowest BCUT2D eigenvalue weighted by Gasteiger charge is -2.33. The zero-order valence-electron chi connectivity index (χ0n) is 19.4. The third kappa shape index (κ3) is 5.33. The minimum absolute atomic E-state index is 0.0379. The molecule has 3 aromatic carbocycles. The molecule has 0 atom stereocenters. The Morgan fingerprint density at radius 2 is 1.83 bits per heavy atom. The molecule has 35 heavy (non-hydrogen) atoms. The molecule has 3 aromatic rings. The highest BCUT2D eigenvalue weighted by atomic mass is 16.4. The number of rotatable bonds is 8. The van der Waals surface area contributed by atoms with Crippen molar-refractivity contribution in [3.8, 4) is 16.9 Å². The molecule has 4 N–H and O–H groups in total. The number of piperidine rings is 1. The number of nitrogens with zero attached hydrogens (tertiary/aromatic N) is 2. The highest BCUT2D eigenvalue weighted by molar-refractivity contribution is 6.05. The Bertz CT molecular complexity index is 1250. The van der Waals surface area contributed by atoms with E-state index in [4.69, 9.17) is 0 Å². The average molecular weight is 473 g/mol. The molecule has 0 radical (unpaired) electrons. The Kier molecular flexibility index (Phi) is 7.42. The van der Waals surface area contributed by atoms with Crippen LogP contribution in [0.5, 0.6) is 5.75 Å². The van der Waals surface area contributed by atoms with Crippen LogP contribution in [0.3, 0.4) is 0 Å². The number of hydrazone groups is 1. The van der Waals surface area contributed by atoms with E-state index in [-0.39, 0.29) is 17.4 Å². The summed E-state index contributed by atoms with van der Waals surface area (Å²) in [6.45, 7) is 3.59. The standard InChI is InChI=1S/C27H28N4O4/c1-18(22-8-2-3-11-25(22)31(17-32)21-12-14-28-15-13-21)29-30-24-10-5-9-23(26(24)33)19-6-4-7-20(16-19)27(34)35/h2-11,16-17,21,28,30,33H,12-15H2,1H3,(H,34,35)/b29-18+. The van der Waals surface area contributed by atoms with E-state index in [9.17, 15) is 19.8 Å². The minimum Gasteiger partial charge on any atom is -0.505 e. The summed E-state index contributed by atoms with van der Waals surface area (Å²) in [5.74, 6) is -1.07. The lowest BCUT2D eigenvalue weighted by atomic mass is 10.0. The summed E-state index contributed by atoms with van der Waals surface area (Å²) in [7, 11) is 0. The number of nitrogens with one attached hydrogen (secondary N) is 2. The summed E-state index contributed by atoms with van der Waals surface area (Å²) >= 11 is 0. The molecule has 1 heterocycles. The van der Waals surface area contributed by atoms with Gasteiger partial charge >= 0.3 is 5.97 Å². The normalized spacial score (nSPS) is 14.4. The molecule has 0 aliphatic carbocycles. The Labute approximate surface area is 203 Å². The molecule has 1 amide bonds. The lowest BCUT2D eigenvalue weighted by Crippen LogP contribution is -2.43. The van der Waals surface area contributed by atoms with Gasteiger partial charge in [0.2, 0.25) is 6.41 Å². The molecule has 0 aromatic heterocycles. The number of carbonyl (C=O) groups excluding carboxylic acids is 1. The summed E-state index contributed by atoms with van der Waals surface area (Å²) in [5.41, 5.74) is 6.78. The predicted molar refractivity (Wildman–Crippen MR) is 137 cm³/mol. The molecule has 0 bridgehead atoms. The van der Waals surface area contributed by atoms with Crippen LogP contribution >= 0.6 is 0 Å². The maximum absolute atomic E-state index is 12.0. The lowest BCUT2D eigenvalue weighted by molar-refractivity contribution is -0.108. The van der Waals surface area contributed by atoms with Crippen molar-refractivity contribution in [3.05, 3.63) is 77.9 Å². The van der Waals surface area contributed by atoms with E-state index in [2.05, 4.69) is 15.8 Å². The number of para-hydroxylation sites is 2. The van der Waals surface area contributed by atoms with Crippen LogP contribution in [-0.2, 0) is 4.79 Å². The molecule has 0 spiro atoms. The van der Waals surface area contributed by atoms with Gasteiger partial charge in [-0.15, -0.1) is 0 Å². The number of amides is 1. The van der Waals surface area contributed by atoms with Crippen molar-refractivity contribution >= 4 is 29.5 Å². The quantitative estimate of drug-likeness (QED) is 0.168. The van der Waals surface area contributed by atoms with Crippen molar-refractivity contribution < 1.29 is 19.8 Å². The summed E-state index contributed by atoms with van der Waals surface area (Å²) in [6, 6.07) is 19.3. The molecular formula is C27H28N4O4. The van der Waals surface area contributed by atoms with E-state index in [1.54, 1.807) is 35.2 Å². The Morgan fingerprint density at radius 1 is 1.09 bits per heavy atom. The molecule has 8 heteroatoms. The molecule has 1 fully saturated rings. The molecule has 1 saturated heterocycles. The highest BCUT2D eigenvalue weighted by Gasteiger charge is 2.23. The number of hydrogen-bond acceptors (Lipinski definition) is 6. The van der Waals surface area contributed by atoms with Crippen molar-refractivity contribution in [1.82, 2.24) is 5.32 Å². The van der Waals surface area contributed by atoms with Crippen LogP contribution in [0.4, 0.5) is 11.4 Å². The second-order valence-electron chi connectivity index (χ2n) is 8.41. The second kappa shape index (κ2) is 10.8. The van der Waals surface area contributed by atoms with Gasteiger partial charge in [-0.05, 0) is 62.7 Å². The SMILES string of the molecule is C/C(=N\Nc1cccc(-c2cccc(C(=O)O)c2)c1O)c1ccccc1N(C=O)C1CCNCC1. The molecular weight excluding hydrogens is 444 g/mol. The Morgan fingerprint density at radius 3 is 2.57 bits per heavy atom. The van der Waals surface area contributed by atoms with E-state index < -0.39 is 5.97 Å². The number of carboxylic acids is 1. The number of carbonyl (C=O) groups is 2. The fourth-order valence-electron chi connectivity index (χ4n) is 4.32. The van der Waals surface area contributed by atoms with Crippen LogP contribution in [-0.4, -0.2) is 47.4 Å². The largest absolute Gasteiger partial charge is 0.505 e. The Balaban J connectivity index is 1.61. The summed E-state index contributed by atoms with van der Waals surface area (Å²) in [6.07, 6.45) is 2.65. The van der Waals surface area contributed by atoms with E-state index in [0.717, 1.165) is 43.6 Å². The van der Waals surface area contributed by atoms with Gasteiger partial charge in [-0.1, -0.05) is 42.5 Å². The first-order chi connectivity index (χ1) is 17.0. The number of aromatic hydroxyl groups is 1. The summed E-state index contributed by atoms with van der Waals surface area (Å²) < 4.78 is 0. The highest BCUT2D eigenvalue weighted by Crippen LogP contribution is 2.36. The van der Waals surface area contributed by atoms with Gasteiger partial charge in [-0.25, -0.2) is 4.79 Å². The second-order valence-corrected chi connectivity index (χ2v) is 8.41. The first-order valence-corrected chi connectivity index (χ1v) is 11.5. The number of phenols is 1. The fraction of sp³-hybridized carbons (Fsp3) is 0.222. The summed E-state index contributed by atoms with van der Waals surface area (Å²) in [4.78, 5) is 25.1. The van der Waals surface area contributed by atoms with Crippen molar-refractivity contribution in [3.63, 3.8) is 0 Å². The van der Waals surface area contributed by atoms with E-state index in [1.807, 2.05) is 31.2 Å². The van der Waals surface area contributed by atoms with Crippen molar-refractivity contribution in [2.24, 2.45) is 5.10 Å². The Hall–Kier alpha value is -4.17. The zero-order valence-corrected chi connectivity index (χ0v) is 19.4. The maximum Gasteiger partial charge on any atom is 0.335 e. The number of benzene rings is 3. The first kappa shape index (κ1) is 24.0. The third-order valence-corrected chi connectivity index (χ3v) is 6.19. The van der Waals surface area contributed by atoms with Gasteiger partial charge < -0.3 is 20.4 Å². The van der Waals surface area contributed by atoms with E-state index in [1.165, 1.54) is 12.1 Å². The van der Waals surface area contributed by atoms with Crippen LogP contribution in [0.25, 0.3) is 11.1 Å². The van der Waals surface area contributed by atoms with Gasteiger partial charge in [-0.3, -0.25) is 10.2 Å². The van der Waals surface area contributed by atoms with Gasteiger partial charge in [0, 0.05) is 17.2 Å². The molecule has 1 aliphatic heterocycles. The summed E-state index contributed by atoms with van der Waals surface area (Å²) in [5, 5.41) is 27.9. The molecule has 0 unspecified atom stereocenters. The molecule has 0 saturated carbocycles. The predicted octanol–water partition coefficient (Wildman–Crippen LogP) is 4.31. The van der Waals surface area contributed by atoms with Crippen LogP contribution in [0.2, 0.25) is 0 Å². The molecule has 8 nitrogen and oxygen atoms in total. The number of carboxylic acid groups (broad SMARTS) is 1. The van der Waals surface area contributed by atoms with Crippen LogP contribution in [0.15, 0.2) is 71.8 Å². The molecule has 180 valence electrons. The first-order valence-electron chi connectivity index (χ1n) is 11.5. The smallest absolute Gasteiger partial charge is 0.335 e. The fourth-order valence-corrected chi connectivity index (χ4v) is 4.32. The zero-order chi connectivity index (χ0) is 24.8. The topological polar surface area (TPSA) is 114 Å². The molecule has 1 aliphatic rings. The van der Waals surface area contributed by atoms with Crippen molar-refractivity contribution in [1.29, 1.82) is 0 Å². The maximum atomic E-state index is 12.0. The van der Waals surface area contributed by atoms with Gasteiger partial charge in [-0.2, -0.15) is 5.10 Å². The average Bonchev–Trinajstić information content (AvgIpc) is 2.89. The van der Waals surface area contributed by atoms with Crippen LogP contribution in [0, 0.1) is 0 Å². The van der Waals surface area contributed by atoms with Gasteiger partial charge in [0.25, 0.3) is 0 Å². The van der Waals surface area contributed by atoms with Crippen LogP contribution < -0.4 is 15.6 Å². The van der Waals surface area contributed by atoms with Crippen molar-refractivity contribution in [2.75, 3.05) is 23.4 Å². The van der Waals surface area contributed by atoms with Crippen LogP contribution in [0.1, 0.15) is 35.7 Å². The number of hydrogen-bond donors (Lipinski definition) is 4. The molecule has 4 rings (SSSR count). The number of aromatic carboxylic acids is 1. The minimum atomic E-state index is -1.03. The van der Waals surface area contributed by atoms with E-state index in [0.29, 0.717) is 22.5 Å². The van der Waals surface area contributed by atoms with Crippen molar-refractivity contribution in [2.45, 2.75) is 25.8 Å². The van der Waals surface area contributed by atoms with E-state index >= 15 is 0 Å². The van der Waals surface area contributed by atoms with Gasteiger partial charge in [0.15, 0.2) is 0 Å². The van der Waals surface area contributed by atoms with Gasteiger partial charge in [0.1, 0.15) is 5.75 Å².